The number of rotatable bonds is 9. The predicted molar refractivity (Wildman–Crippen MR) is 174 cm³/mol. The molecule has 0 N–H and O–H groups in total. The molecule has 4 aromatic rings. The van der Waals surface area contributed by atoms with Crippen LogP contribution in [0.3, 0.4) is 0 Å². The Morgan fingerprint density at radius 3 is 2.42 bits per heavy atom. The number of benzene rings is 1. The zero-order valence-electron chi connectivity index (χ0n) is 25.7. The highest BCUT2D eigenvalue weighted by Crippen LogP contribution is 2.31. The van der Waals surface area contributed by atoms with Crippen molar-refractivity contribution in [3.63, 3.8) is 0 Å². The Morgan fingerprint density at radius 2 is 1.73 bits per heavy atom. The molecule has 0 atom stereocenters. The Morgan fingerprint density at radius 1 is 1.00 bits per heavy atom. The van der Waals surface area contributed by atoms with Crippen molar-refractivity contribution in [3.8, 4) is 22.9 Å². The minimum absolute atomic E-state index is 0.144. The van der Waals surface area contributed by atoms with E-state index in [9.17, 15) is 4.79 Å². The number of fused-ring (bicyclic) bond motifs is 1. The lowest BCUT2D eigenvalue weighted by molar-refractivity contribution is -0.142. The highest BCUT2D eigenvalue weighted by Gasteiger charge is 2.24. The van der Waals surface area contributed by atoms with Crippen LogP contribution in [0.25, 0.3) is 11.3 Å². The largest absolute Gasteiger partial charge is 0.469 e. The first kappa shape index (κ1) is 31.3. The lowest BCUT2D eigenvalue weighted by atomic mass is 9.93. The second-order valence-corrected chi connectivity index (χ2v) is 12.9. The first-order chi connectivity index (χ1) is 21.7. The van der Waals surface area contributed by atoms with E-state index in [4.69, 9.17) is 37.7 Å². The van der Waals surface area contributed by atoms with Crippen LogP contribution in [0.2, 0.25) is 10.0 Å². The molecule has 3 aromatic heterocycles. The molecular formula is C33H37Cl2N7O3. The van der Waals surface area contributed by atoms with Gasteiger partial charge in [-0.05, 0) is 75.5 Å². The van der Waals surface area contributed by atoms with Crippen LogP contribution in [-0.2, 0) is 29.0 Å². The summed E-state index contributed by atoms with van der Waals surface area (Å²) < 4.78 is 13.3. The number of likely N-dealkylation sites (tertiary alicyclic amines) is 1. The van der Waals surface area contributed by atoms with E-state index in [1.165, 1.54) is 12.8 Å². The molecule has 0 amide bonds. The summed E-state index contributed by atoms with van der Waals surface area (Å²) in [6.45, 7) is 8.33. The summed E-state index contributed by atoms with van der Waals surface area (Å²) >= 11 is 12.7. The number of imidazole rings is 1. The van der Waals surface area contributed by atoms with Crippen molar-refractivity contribution in [1.82, 2.24) is 29.4 Å². The van der Waals surface area contributed by atoms with Crippen molar-refractivity contribution in [2.45, 2.75) is 58.7 Å². The molecule has 0 aliphatic carbocycles. The Hall–Kier alpha value is -3.73. The molecule has 5 heterocycles. The summed E-state index contributed by atoms with van der Waals surface area (Å²) in [4.78, 5) is 34.9. The van der Waals surface area contributed by atoms with Crippen LogP contribution in [0.15, 0.2) is 49.1 Å². The summed E-state index contributed by atoms with van der Waals surface area (Å²) in [5.41, 5.74) is 4.90. The third kappa shape index (κ3) is 7.57. The van der Waals surface area contributed by atoms with Gasteiger partial charge in [0.25, 0.3) is 0 Å². The molecule has 10 nitrogen and oxygen atoms in total. The van der Waals surface area contributed by atoms with E-state index >= 15 is 0 Å². The molecule has 1 aromatic carbocycles. The molecule has 0 radical (unpaired) electrons. The average Bonchev–Trinajstić information content (AvgIpc) is 3.46. The van der Waals surface area contributed by atoms with Gasteiger partial charge in [0, 0.05) is 59.3 Å². The molecule has 0 unspecified atom stereocenters. The number of piperidine rings is 1. The molecule has 0 saturated carbocycles. The fourth-order valence-corrected chi connectivity index (χ4v) is 6.60. The summed E-state index contributed by atoms with van der Waals surface area (Å²) in [6, 6.07) is 9.75. The summed E-state index contributed by atoms with van der Waals surface area (Å²) in [6.07, 6.45) is 8.55. The number of nitrogens with zero attached hydrogens (tertiary/aromatic N) is 7. The molecule has 0 bridgehead atoms. The molecule has 1 fully saturated rings. The number of pyridine rings is 1. The molecule has 2 aliphatic rings. The lowest BCUT2D eigenvalue weighted by Gasteiger charge is -2.31. The van der Waals surface area contributed by atoms with E-state index in [-0.39, 0.29) is 5.97 Å². The van der Waals surface area contributed by atoms with Crippen LogP contribution in [-0.4, -0.2) is 62.1 Å². The summed E-state index contributed by atoms with van der Waals surface area (Å²) in [5.74, 6) is 1.76. The Labute approximate surface area is 273 Å². The van der Waals surface area contributed by atoms with Crippen molar-refractivity contribution in [2.75, 3.05) is 31.6 Å². The maximum absolute atomic E-state index is 11.7. The number of aromatic nitrogens is 5. The van der Waals surface area contributed by atoms with Crippen LogP contribution >= 0.6 is 23.2 Å². The van der Waals surface area contributed by atoms with Crippen LogP contribution in [0.4, 0.5) is 5.95 Å². The number of ether oxygens (including phenoxy) is 2. The fourth-order valence-electron chi connectivity index (χ4n) is 6.07. The average molecular weight is 651 g/mol. The Kier molecular flexibility index (Phi) is 9.53. The van der Waals surface area contributed by atoms with E-state index in [1.807, 2.05) is 30.6 Å². The van der Waals surface area contributed by atoms with Gasteiger partial charge in [0.2, 0.25) is 11.8 Å². The number of esters is 1. The number of carbonyl (C=O) groups is 1. The van der Waals surface area contributed by atoms with E-state index in [0.29, 0.717) is 64.8 Å². The van der Waals surface area contributed by atoms with Gasteiger partial charge in [0.1, 0.15) is 0 Å². The molecule has 45 heavy (non-hydrogen) atoms. The highest BCUT2D eigenvalue weighted by molar-refractivity contribution is 6.35. The van der Waals surface area contributed by atoms with E-state index < -0.39 is 0 Å². The van der Waals surface area contributed by atoms with Crippen molar-refractivity contribution in [2.24, 2.45) is 5.92 Å². The van der Waals surface area contributed by atoms with Crippen LogP contribution in [0.5, 0.6) is 11.6 Å². The number of carbonyl (C=O) groups excluding carboxylic acids is 1. The highest BCUT2D eigenvalue weighted by atomic mass is 35.5. The number of methoxy groups -OCH3 is 1. The molecule has 0 spiro atoms. The van der Waals surface area contributed by atoms with E-state index in [1.54, 1.807) is 18.5 Å². The van der Waals surface area contributed by atoms with Gasteiger partial charge >= 0.3 is 5.97 Å². The van der Waals surface area contributed by atoms with Crippen LogP contribution in [0, 0.1) is 5.92 Å². The van der Waals surface area contributed by atoms with Gasteiger partial charge in [-0.15, -0.1) is 0 Å². The topological polar surface area (TPSA) is 98.5 Å². The van der Waals surface area contributed by atoms with E-state index in [2.05, 4.69) is 43.2 Å². The maximum atomic E-state index is 11.7. The molecular weight excluding hydrogens is 613 g/mol. The van der Waals surface area contributed by atoms with Gasteiger partial charge in [0.05, 0.1) is 43.8 Å². The second-order valence-electron chi connectivity index (χ2n) is 12.0. The standard InChI is InChI=1S/C33H37Cl2N7O3/c1-21(2)42-20-38-29-19-41(9-6-30(29)42)33-36-16-27(17-37-33)45-31-11-23(10-28(39-31)24-13-25(34)15-26(35)14-24)18-40-7-4-22(5-8-40)12-32(43)44-3/h10-11,13-17,20-22H,4-9,12,18-19H2,1-3H3. The van der Waals surface area contributed by atoms with Gasteiger partial charge in [0.15, 0.2) is 5.75 Å². The number of halogens is 2. The molecule has 1 saturated heterocycles. The monoisotopic (exact) mass is 649 g/mol. The molecule has 236 valence electrons. The fraction of sp³-hybridized carbons (Fsp3) is 0.424. The Balaban J connectivity index is 1.18. The van der Waals surface area contributed by atoms with Crippen LogP contribution < -0.4 is 9.64 Å². The van der Waals surface area contributed by atoms with Gasteiger partial charge in [-0.3, -0.25) is 9.69 Å². The summed E-state index contributed by atoms with van der Waals surface area (Å²) in [7, 11) is 1.44. The van der Waals surface area contributed by atoms with Crippen LogP contribution in [0.1, 0.15) is 56.1 Å². The lowest BCUT2D eigenvalue weighted by Crippen LogP contribution is -2.34. The molecule has 2 aliphatic heterocycles. The van der Waals surface area contributed by atoms with Gasteiger partial charge in [-0.25, -0.2) is 19.9 Å². The zero-order valence-corrected chi connectivity index (χ0v) is 27.3. The minimum atomic E-state index is -0.144. The normalized spacial score (nSPS) is 15.7. The number of anilines is 1. The zero-order chi connectivity index (χ0) is 31.5. The van der Waals surface area contributed by atoms with Crippen molar-refractivity contribution < 1.29 is 14.3 Å². The smallest absolute Gasteiger partial charge is 0.305 e. The van der Waals surface area contributed by atoms with Gasteiger partial charge in [-0.2, -0.15) is 0 Å². The number of hydrogen-bond donors (Lipinski definition) is 0. The third-order valence-electron chi connectivity index (χ3n) is 8.43. The van der Waals surface area contributed by atoms with Crippen molar-refractivity contribution in [3.05, 3.63) is 76.0 Å². The minimum Gasteiger partial charge on any atom is -0.469 e. The Bertz CT molecular complexity index is 1630. The second kappa shape index (κ2) is 13.7. The van der Waals surface area contributed by atoms with Gasteiger partial charge < -0.3 is 18.9 Å². The number of hydrogen-bond acceptors (Lipinski definition) is 9. The van der Waals surface area contributed by atoms with E-state index in [0.717, 1.165) is 55.7 Å². The van der Waals surface area contributed by atoms with Gasteiger partial charge in [-0.1, -0.05) is 23.2 Å². The van der Waals surface area contributed by atoms with Crippen molar-refractivity contribution in [1.29, 1.82) is 0 Å². The SMILES string of the molecule is COC(=O)CC1CCN(Cc2cc(Oc3cnc(N4CCc5c(ncn5C(C)C)C4)nc3)nc(-c3cc(Cl)cc(Cl)c3)c2)CC1. The quantitative estimate of drug-likeness (QED) is 0.182. The summed E-state index contributed by atoms with van der Waals surface area (Å²) in [5, 5.41) is 1.06. The first-order valence-corrected chi connectivity index (χ1v) is 16.1. The third-order valence-corrected chi connectivity index (χ3v) is 8.87. The predicted octanol–water partition coefficient (Wildman–Crippen LogP) is 6.75. The first-order valence-electron chi connectivity index (χ1n) is 15.3. The molecule has 12 heteroatoms. The maximum Gasteiger partial charge on any atom is 0.305 e. The van der Waals surface area contributed by atoms with Crippen molar-refractivity contribution >= 4 is 35.1 Å². The molecule has 6 rings (SSSR count).